The third kappa shape index (κ3) is 1.74. The molecule has 1 heterocycles. The predicted molar refractivity (Wildman–Crippen MR) is 56.5 cm³/mol. The van der Waals surface area contributed by atoms with Gasteiger partial charge < -0.3 is 4.90 Å². The number of hydrogen-bond acceptors (Lipinski definition) is 1. The normalized spacial score (nSPS) is 26.7. The first-order valence-electron chi connectivity index (χ1n) is 5.62. The van der Waals surface area contributed by atoms with Gasteiger partial charge in [-0.3, -0.25) is 0 Å². The summed E-state index contributed by atoms with van der Waals surface area (Å²) in [6.45, 7) is 8.74. The Morgan fingerprint density at radius 3 is 2.38 bits per heavy atom. The molecule has 0 unspecified atom stereocenters. The van der Waals surface area contributed by atoms with E-state index in [2.05, 4.69) is 18.4 Å². The summed E-state index contributed by atoms with van der Waals surface area (Å²) < 4.78 is 0. The fourth-order valence-electron chi connectivity index (χ4n) is 2.97. The number of nitrogens with zero attached hydrogens (tertiary/aromatic N) is 1. The highest BCUT2D eigenvalue weighted by Gasteiger charge is 2.38. The van der Waals surface area contributed by atoms with Crippen LogP contribution in [0.3, 0.4) is 0 Å². The minimum absolute atomic E-state index is 0.692. The Balaban J connectivity index is 1.98. The molecule has 0 amide bonds. The molecule has 1 saturated heterocycles. The van der Waals surface area contributed by atoms with Crippen LogP contribution in [0.4, 0.5) is 0 Å². The Hall–Kier alpha value is -0.460. The van der Waals surface area contributed by atoms with Crippen molar-refractivity contribution in [2.24, 2.45) is 5.41 Å². The molecule has 1 spiro atoms. The molecule has 1 aliphatic carbocycles. The van der Waals surface area contributed by atoms with Crippen molar-refractivity contribution in [2.45, 2.75) is 45.4 Å². The second-order valence-electron chi connectivity index (χ2n) is 4.97. The van der Waals surface area contributed by atoms with Crippen molar-refractivity contribution in [1.29, 1.82) is 0 Å². The summed E-state index contributed by atoms with van der Waals surface area (Å²) in [5.41, 5.74) is 1.96. The van der Waals surface area contributed by atoms with Gasteiger partial charge in [0.1, 0.15) is 0 Å². The van der Waals surface area contributed by atoms with Crippen molar-refractivity contribution in [1.82, 2.24) is 4.90 Å². The van der Waals surface area contributed by atoms with Crippen molar-refractivity contribution in [3.63, 3.8) is 0 Å². The molecule has 1 nitrogen and oxygen atoms in total. The standard InChI is InChI=1S/C12H21N/c1-11(2)13-9-8-12(10-13)6-4-3-5-7-12/h1,3-10H2,2H3. The zero-order valence-corrected chi connectivity index (χ0v) is 8.81. The van der Waals surface area contributed by atoms with Crippen LogP contribution in [0, 0.1) is 5.41 Å². The van der Waals surface area contributed by atoms with Gasteiger partial charge >= 0.3 is 0 Å². The number of hydrogen-bond donors (Lipinski definition) is 0. The summed E-state index contributed by atoms with van der Waals surface area (Å²) in [7, 11) is 0. The average molecular weight is 179 g/mol. The SMILES string of the molecule is C=C(C)N1CCC2(CCCCC2)C1. The zero-order valence-electron chi connectivity index (χ0n) is 8.81. The van der Waals surface area contributed by atoms with Crippen molar-refractivity contribution in [3.05, 3.63) is 12.3 Å². The van der Waals surface area contributed by atoms with E-state index in [4.69, 9.17) is 0 Å². The smallest absolute Gasteiger partial charge is 0.0231 e. The topological polar surface area (TPSA) is 3.24 Å². The van der Waals surface area contributed by atoms with E-state index in [9.17, 15) is 0 Å². The maximum absolute atomic E-state index is 4.04. The third-order valence-electron chi connectivity index (χ3n) is 3.89. The van der Waals surface area contributed by atoms with Crippen LogP contribution in [-0.4, -0.2) is 18.0 Å². The molecule has 1 saturated carbocycles. The number of rotatable bonds is 1. The fraction of sp³-hybridized carbons (Fsp3) is 0.833. The van der Waals surface area contributed by atoms with Gasteiger partial charge in [-0.05, 0) is 31.6 Å². The van der Waals surface area contributed by atoms with Gasteiger partial charge in [-0.2, -0.15) is 0 Å². The molecule has 0 bridgehead atoms. The summed E-state index contributed by atoms with van der Waals surface area (Å²) in [5.74, 6) is 0. The summed E-state index contributed by atoms with van der Waals surface area (Å²) >= 11 is 0. The first-order valence-corrected chi connectivity index (χ1v) is 5.62. The molecule has 1 aliphatic heterocycles. The van der Waals surface area contributed by atoms with Gasteiger partial charge in [-0.25, -0.2) is 0 Å². The Morgan fingerprint density at radius 1 is 1.15 bits per heavy atom. The molecule has 0 N–H and O–H groups in total. The Labute approximate surface area is 81.8 Å². The van der Waals surface area contributed by atoms with Gasteiger partial charge in [0, 0.05) is 18.8 Å². The van der Waals surface area contributed by atoms with Crippen LogP contribution < -0.4 is 0 Å². The molecular formula is C12H21N. The summed E-state index contributed by atoms with van der Waals surface area (Å²) in [6, 6.07) is 0. The molecule has 0 aromatic heterocycles. The summed E-state index contributed by atoms with van der Waals surface area (Å²) in [6.07, 6.45) is 8.75. The van der Waals surface area contributed by atoms with Crippen molar-refractivity contribution in [3.8, 4) is 0 Å². The highest BCUT2D eigenvalue weighted by molar-refractivity contribution is 5.00. The maximum atomic E-state index is 4.04. The molecule has 74 valence electrons. The van der Waals surface area contributed by atoms with E-state index in [0.29, 0.717) is 5.41 Å². The zero-order chi connectivity index (χ0) is 9.31. The largest absolute Gasteiger partial charge is 0.375 e. The minimum Gasteiger partial charge on any atom is -0.375 e. The first kappa shape index (κ1) is 9.11. The molecule has 0 radical (unpaired) electrons. The van der Waals surface area contributed by atoms with Crippen LogP contribution in [-0.2, 0) is 0 Å². The van der Waals surface area contributed by atoms with Gasteiger partial charge in [-0.15, -0.1) is 0 Å². The van der Waals surface area contributed by atoms with Crippen LogP contribution in [0.2, 0.25) is 0 Å². The van der Waals surface area contributed by atoms with Crippen LogP contribution in [0.1, 0.15) is 45.4 Å². The van der Waals surface area contributed by atoms with Gasteiger partial charge in [-0.1, -0.05) is 25.8 Å². The average Bonchev–Trinajstić information content (AvgIpc) is 2.51. The van der Waals surface area contributed by atoms with E-state index in [1.165, 1.54) is 57.3 Å². The van der Waals surface area contributed by atoms with Crippen molar-refractivity contribution in [2.75, 3.05) is 13.1 Å². The molecule has 0 aromatic carbocycles. The predicted octanol–water partition coefficient (Wildman–Crippen LogP) is 3.18. The van der Waals surface area contributed by atoms with Gasteiger partial charge in [0.15, 0.2) is 0 Å². The quantitative estimate of drug-likeness (QED) is 0.597. The molecule has 0 atom stereocenters. The van der Waals surface area contributed by atoms with Crippen LogP contribution in [0.5, 0.6) is 0 Å². The van der Waals surface area contributed by atoms with E-state index in [-0.39, 0.29) is 0 Å². The Kier molecular flexibility index (Phi) is 2.35. The van der Waals surface area contributed by atoms with Gasteiger partial charge in [0.05, 0.1) is 0 Å². The molecule has 2 fully saturated rings. The Bertz CT molecular complexity index is 201. The fourth-order valence-corrected chi connectivity index (χ4v) is 2.97. The monoisotopic (exact) mass is 179 g/mol. The van der Waals surface area contributed by atoms with Crippen LogP contribution in [0.25, 0.3) is 0 Å². The Morgan fingerprint density at radius 2 is 1.85 bits per heavy atom. The van der Waals surface area contributed by atoms with Crippen molar-refractivity contribution >= 4 is 0 Å². The molecule has 13 heavy (non-hydrogen) atoms. The third-order valence-corrected chi connectivity index (χ3v) is 3.89. The molecule has 0 aromatic rings. The number of likely N-dealkylation sites (tertiary alicyclic amines) is 1. The lowest BCUT2D eigenvalue weighted by molar-refractivity contribution is 0.197. The molecule has 2 aliphatic rings. The lowest BCUT2D eigenvalue weighted by Gasteiger charge is -2.33. The number of allylic oxidation sites excluding steroid dienone is 1. The summed E-state index contributed by atoms with van der Waals surface area (Å²) in [5, 5.41) is 0. The van der Waals surface area contributed by atoms with E-state index < -0.39 is 0 Å². The van der Waals surface area contributed by atoms with E-state index >= 15 is 0 Å². The highest BCUT2D eigenvalue weighted by Crippen LogP contribution is 2.44. The van der Waals surface area contributed by atoms with E-state index in [0.717, 1.165) is 0 Å². The van der Waals surface area contributed by atoms with E-state index in [1.54, 1.807) is 0 Å². The molecule has 1 heteroatoms. The second kappa shape index (κ2) is 3.36. The molecular weight excluding hydrogens is 158 g/mol. The molecule has 2 rings (SSSR count). The van der Waals surface area contributed by atoms with Gasteiger partial charge in [0.2, 0.25) is 0 Å². The van der Waals surface area contributed by atoms with Crippen LogP contribution >= 0.6 is 0 Å². The van der Waals surface area contributed by atoms with Gasteiger partial charge in [0.25, 0.3) is 0 Å². The van der Waals surface area contributed by atoms with E-state index in [1.807, 2.05) is 0 Å². The lowest BCUT2D eigenvalue weighted by Crippen LogP contribution is -2.28. The minimum atomic E-state index is 0.692. The van der Waals surface area contributed by atoms with Crippen LogP contribution in [0.15, 0.2) is 12.3 Å². The van der Waals surface area contributed by atoms with Crippen molar-refractivity contribution < 1.29 is 0 Å². The lowest BCUT2D eigenvalue weighted by atomic mass is 9.73. The second-order valence-corrected chi connectivity index (χ2v) is 4.97. The summed E-state index contributed by atoms with van der Waals surface area (Å²) in [4.78, 5) is 2.48. The first-order chi connectivity index (χ1) is 6.22. The maximum Gasteiger partial charge on any atom is 0.0231 e. The highest BCUT2D eigenvalue weighted by atomic mass is 15.2.